The van der Waals surface area contributed by atoms with Gasteiger partial charge in [0.25, 0.3) is 5.91 Å². The monoisotopic (exact) mass is 323 g/mol. The number of likely N-dealkylation sites (tertiary alicyclic amines) is 1. The predicted molar refractivity (Wildman–Crippen MR) is 81.6 cm³/mol. The first-order chi connectivity index (χ1) is 11.1. The molecule has 2 heterocycles. The molecule has 2 aliphatic heterocycles. The van der Waals surface area contributed by atoms with E-state index in [-0.39, 0.29) is 24.5 Å². The third-order valence-electron chi connectivity index (χ3n) is 4.63. The molecule has 23 heavy (non-hydrogen) atoms. The molecule has 0 aromatic heterocycles. The van der Waals surface area contributed by atoms with Crippen molar-refractivity contribution >= 4 is 5.91 Å². The normalized spacial score (nSPS) is 27.9. The Balaban J connectivity index is 1.59. The van der Waals surface area contributed by atoms with Crippen LogP contribution in [-0.2, 0) is 9.53 Å². The van der Waals surface area contributed by atoms with Gasteiger partial charge in [0, 0.05) is 31.2 Å². The molecule has 6 heteroatoms. The van der Waals surface area contributed by atoms with E-state index in [1.54, 1.807) is 17.0 Å². The summed E-state index contributed by atoms with van der Waals surface area (Å²) in [4.78, 5) is 14.2. The van der Waals surface area contributed by atoms with Crippen molar-refractivity contribution in [3.05, 3.63) is 30.1 Å². The number of benzene rings is 1. The average Bonchev–Trinajstić information content (AvgIpc) is 3.02. The molecule has 3 atom stereocenters. The van der Waals surface area contributed by atoms with Crippen molar-refractivity contribution in [2.24, 2.45) is 5.92 Å². The molecule has 0 aliphatic carbocycles. The summed E-state index contributed by atoms with van der Waals surface area (Å²) in [6, 6.07) is 5.75. The molecule has 126 valence electrons. The van der Waals surface area contributed by atoms with Crippen LogP contribution in [0.1, 0.15) is 19.3 Å². The molecule has 3 rings (SSSR count). The minimum Gasteiger partial charge on any atom is -0.484 e. The van der Waals surface area contributed by atoms with E-state index in [9.17, 15) is 14.3 Å². The standard InChI is InChI=1S/C17H22FNO4/c18-12-3-1-4-13(9-12)23-11-17(21)19-7-2-5-15(19)14-10-22-8-6-16(14)20/h1,3-4,9,14-16,20H,2,5-8,10-11H2/t14-,15-,16-/m1/s1. The summed E-state index contributed by atoms with van der Waals surface area (Å²) in [6.45, 7) is 1.60. The van der Waals surface area contributed by atoms with Gasteiger partial charge in [-0.25, -0.2) is 4.39 Å². The number of amides is 1. The number of hydrogen-bond acceptors (Lipinski definition) is 4. The lowest BCUT2D eigenvalue weighted by atomic mass is 9.89. The second kappa shape index (κ2) is 7.27. The maximum atomic E-state index is 13.1. The summed E-state index contributed by atoms with van der Waals surface area (Å²) in [5.41, 5.74) is 0. The molecule has 0 spiro atoms. The highest BCUT2D eigenvalue weighted by Crippen LogP contribution is 2.30. The fraction of sp³-hybridized carbons (Fsp3) is 0.588. The van der Waals surface area contributed by atoms with E-state index < -0.39 is 11.9 Å². The predicted octanol–water partition coefficient (Wildman–Crippen LogP) is 1.59. The Morgan fingerprint density at radius 1 is 1.43 bits per heavy atom. The molecule has 1 N–H and O–H groups in total. The number of hydrogen-bond donors (Lipinski definition) is 1. The van der Waals surface area contributed by atoms with Crippen molar-refractivity contribution in [3.8, 4) is 5.75 Å². The van der Waals surface area contributed by atoms with Crippen molar-refractivity contribution in [2.45, 2.75) is 31.4 Å². The van der Waals surface area contributed by atoms with Crippen LogP contribution in [0, 0.1) is 11.7 Å². The lowest BCUT2D eigenvalue weighted by molar-refractivity contribution is -0.138. The largest absolute Gasteiger partial charge is 0.484 e. The lowest BCUT2D eigenvalue weighted by Crippen LogP contribution is -2.49. The number of carbonyl (C=O) groups excluding carboxylic acids is 1. The van der Waals surface area contributed by atoms with Crippen molar-refractivity contribution in [2.75, 3.05) is 26.4 Å². The van der Waals surface area contributed by atoms with Crippen LogP contribution in [0.2, 0.25) is 0 Å². The van der Waals surface area contributed by atoms with E-state index in [1.165, 1.54) is 12.1 Å². The maximum Gasteiger partial charge on any atom is 0.260 e. The summed E-state index contributed by atoms with van der Waals surface area (Å²) in [7, 11) is 0. The fourth-order valence-electron chi connectivity index (χ4n) is 3.45. The highest BCUT2D eigenvalue weighted by atomic mass is 19.1. The van der Waals surface area contributed by atoms with E-state index in [4.69, 9.17) is 9.47 Å². The van der Waals surface area contributed by atoms with Gasteiger partial charge in [-0.1, -0.05) is 6.07 Å². The SMILES string of the molecule is O=C(COc1cccc(F)c1)N1CCC[C@@H]1[C@H]1COCC[C@H]1O. The zero-order valence-corrected chi connectivity index (χ0v) is 13.0. The van der Waals surface area contributed by atoms with Gasteiger partial charge in [0.15, 0.2) is 6.61 Å². The molecule has 0 unspecified atom stereocenters. The average molecular weight is 323 g/mol. The molecule has 0 radical (unpaired) electrons. The minimum atomic E-state index is -0.425. The van der Waals surface area contributed by atoms with Gasteiger partial charge in [-0.3, -0.25) is 4.79 Å². The topological polar surface area (TPSA) is 59.0 Å². The number of ether oxygens (including phenoxy) is 2. The first-order valence-electron chi connectivity index (χ1n) is 8.09. The Kier molecular flexibility index (Phi) is 5.13. The lowest BCUT2D eigenvalue weighted by Gasteiger charge is -2.36. The van der Waals surface area contributed by atoms with Gasteiger partial charge in [-0.2, -0.15) is 0 Å². The quantitative estimate of drug-likeness (QED) is 0.914. The summed E-state index contributed by atoms with van der Waals surface area (Å²) in [5, 5.41) is 10.2. The Hall–Kier alpha value is -1.66. The zero-order chi connectivity index (χ0) is 16.2. The van der Waals surface area contributed by atoms with E-state index in [1.807, 2.05) is 0 Å². The summed E-state index contributed by atoms with van der Waals surface area (Å²) in [5.74, 6) is -0.217. The van der Waals surface area contributed by atoms with Crippen molar-refractivity contribution in [1.82, 2.24) is 4.90 Å². The van der Waals surface area contributed by atoms with Gasteiger partial charge in [0.05, 0.1) is 12.7 Å². The van der Waals surface area contributed by atoms with E-state index in [0.717, 1.165) is 12.8 Å². The maximum absolute atomic E-state index is 13.1. The van der Waals surface area contributed by atoms with Gasteiger partial charge in [-0.05, 0) is 31.4 Å². The van der Waals surface area contributed by atoms with Crippen LogP contribution in [-0.4, -0.2) is 54.4 Å². The van der Waals surface area contributed by atoms with Gasteiger partial charge >= 0.3 is 0 Å². The molecule has 1 aromatic rings. The molecule has 0 saturated carbocycles. The number of halogens is 1. The molecule has 5 nitrogen and oxygen atoms in total. The Morgan fingerprint density at radius 2 is 2.30 bits per heavy atom. The molecule has 2 fully saturated rings. The van der Waals surface area contributed by atoms with E-state index in [0.29, 0.717) is 31.9 Å². The first kappa shape index (κ1) is 16.2. The number of rotatable bonds is 4. The summed E-state index contributed by atoms with van der Waals surface area (Å²) < 4.78 is 24.0. The van der Waals surface area contributed by atoms with Crippen LogP contribution in [0.25, 0.3) is 0 Å². The Labute approximate surface area is 135 Å². The Bertz CT molecular complexity index is 553. The van der Waals surface area contributed by atoms with Gasteiger partial charge in [-0.15, -0.1) is 0 Å². The number of aliphatic hydroxyl groups excluding tert-OH is 1. The third-order valence-corrected chi connectivity index (χ3v) is 4.63. The van der Waals surface area contributed by atoms with Crippen molar-refractivity contribution in [3.63, 3.8) is 0 Å². The minimum absolute atomic E-state index is 0.00564. The van der Waals surface area contributed by atoms with Gasteiger partial charge < -0.3 is 19.5 Å². The zero-order valence-electron chi connectivity index (χ0n) is 13.0. The molecule has 1 aromatic carbocycles. The van der Waals surface area contributed by atoms with Crippen LogP contribution < -0.4 is 4.74 Å². The smallest absolute Gasteiger partial charge is 0.260 e. The van der Waals surface area contributed by atoms with Crippen LogP contribution in [0.5, 0.6) is 5.75 Å². The third kappa shape index (κ3) is 3.82. The van der Waals surface area contributed by atoms with Gasteiger partial charge in [0.2, 0.25) is 0 Å². The second-order valence-electron chi connectivity index (χ2n) is 6.14. The van der Waals surface area contributed by atoms with Crippen molar-refractivity contribution < 1.29 is 23.8 Å². The molecule has 0 bridgehead atoms. The van der Waals surface area contributed by atoms with Gasteiger partial charge in [0.1, 0.15) is 11.6 Å². The van der Waals surface area contributed by atoms with Crippen molar-refractivity contribution in [1.29, 1.82) is 0 Å². The summed E-state index contributed by atoms with van der Waals surface area (Å²) in [6.07, 6.45) is 1.98. The molecule has 2 saturated heterocycles. The van der Waals surface area contributed by atoms with Crippen LogP contribution in [0.15, 0.2) is 24.3 Å². The number of nitrogens with zero attached hydrogens (tertiary/aromatic N) is 1. The molecule has 2 aliphatic rings. The number of carbonyl (C=O) groups is 1. The van der Waals surface area contributed by atoms with Crippen LogP contribution in [0.4, 0.5) is 4.39 Å². The summed E-state index contributed by atoms with van der Waals surface area (Å²) >= 11 is 0. The van der Waals surface area contributed by atoms with E-state index >= 15 is 0 Å². The van der Waals surface area contributed by atoms with E-state index in [2.05, 4.69) is 0 Å². The fourth-order valence-corrected chi connectivity index (χ4v) is 3.45. The second-order valence-corrected chi connectivity index (χ2v) is 6.14. The Morgan fingerprint density at radius 3 is 3.09 bits per heavy atom. The molecular formula is C17H22FNO4. The molecule has 1 amide bonds. The first-order valence-corrected chi connectivity index (χ1v) is 8.09. The van der Waals surface area contributed by atoms with Crippen LogP contribution >= 0.6 is 0 Å². The number of aliphatic hydroxyl groups is 1. The highest BCUT2D eigenvalue weighted by molar-refractivity contribution is 5.78. The highest BCUT2D eigenvalue weighted by Gasteiger charge is 2.39. The van der Waals surface area contributed by atoms with Crippen LogP contribution in [0.3, 0.4) is 0 Å². The molecular weight excluding hydrogens is 301 g/mol.